The number of sulfonamides is 1. The van der Waals surface area contributed by atoms with Gasteiger partial charge in [-0.1, -0.05) is 13.3 Å². The fourth-order valence-electron chi connectivity index (χ4n) is 4.11. The molecule has 3 N–H and O–H groups in total. The van der Waals surface area contributed by atoms with Gasteiger partial charge in [-0.05, 0) is 78.9 Å². The number of benzene rings is 2. The minimum absolute atomic E-state index is 0.0642. The number of hydrogen-bond donors (Lipinski definition) is 3. The van der Waals surface area contributed by atoms with Gasteiger partial charge in [0, 0.05) is 12.7 Å². The van der Waals surface area contributed by atoms with E-state index in [4.69, 9.17) is 9.94 Å². The topological polar surface area (TPSA) is 125 Å². The van der Waals surface area contributed by atoms with E-state index in [1.807, 2.05) is 37.3 Å². The molecule has 1 amide bonds. The predicted molar refractivity (Wildman–Crippen MR) is 121 cm³/mol. The van der Waals surface area contributed by atoms with Gasteiger partial charge in [-0.25, -0.2) is 13.9 Å². The van der Waals surface area contributed by atoms with Crippen LogP contribution in [-0.2, 0) is 14.8 Å². The fourth-order valence-corrected chi connectivity index (χ4v) is 5.83. The minimum atomic E-state index is -3.95. The van der Waals surface area contributed by atoms with Gasteiger partial charge >= 0.3 is 0 Å². The summed E-state index contributed by atoms with van der Waals surface area (Å²) < 4.78 is 33.7. The van der Waals surface area contributed by atoms with Crippen LogP contribution in [0, 0.1) is 5.92 Å². The maximum Gasteiger partial charge on any atom is 0.262 e. The van der Waals surface area contributed by atoms with Crippen LogP contribution >= 0.6 is 0 Å². The van der Waals surface area contributed by atoms with E-state index in [1.54, 1.807) is 23.8 Å². The van der Waals surface area contributed by atoms with Crippen LogP contribution in [0.3, 0.4) is 0 Å². The number of aromatic nitrogens is 2. The van der Waals surface area contributed by atoms with Gasteiger partial charge in [0.05, 0.1) is 10.6 Å². The molecule has 2 atom stereocenters. The fraction of sp³-hybridized carbons (Fsp3) is 0.304. The van der Waals surface area contributed by atoms with E-state index in [0.29, 0.717) is 24.3 Å². The Hall–Kier alpha value is -3.21. The maximum atomic E-state index is 13.4. The Bertz CT molecular complexity index is 1180. The van der Waals surface area contributed by atoms with Crippen LogP contribution in [0.1, 0.15) is 26.2 Å². The molecule has 1 aliphatic heterocycles. The number of hydroxylamine groups is 1. The molecule has 1 aromatic heterocycles. The Kier molecular flexibility index (Phi) is 6.77. The molecule has 1 saturated heterocycles. The molecule has 2 heterocycles. The Morgan fingerprint density at radius 2 is 1.76 bits per heavy atom. The zero-order valence-electron chi connectivity index (χ0n) is 18.1. The van der Waals surface area contributed by atoms with Gasteiger partial charge in [0.1, 0.15) is 17.5 Å². The zero-order valence-corrected chi connectivity index (χ0v) is 19.0. The number of aromatic amines is 1. The lowest BCUT2D eigenvalue weighted by atomic mass is 9.97. The number of nitrogens with one attached hydrogen (secondary N) is 2. The van der Waals surface area contributed by atoms with Crippen molar-refractivity contribution in [3.63, 3.8) is 0 Å². The number of carbonyl (C=O) groups excluding carboxylic acids is 1. The average Bonchev–Trinajstić information content (AvgIpc) is 3.29. The molecule has 3 aromatic rings. The largest absolute Gasteiger partial charge is 0.457 e. The summed E-state index contributed by atoms with van der Waals surface area (Å²) in [5, 5.41) is 16.0. The third kappa shape index (κ3) is 4.92. The smallest absolute Gasteiger partial charge is 0.262 e. The number of rotatable bonds is 6. The lowest BCUT2D eigenvalue weighted by Crippen LogP contribution is -2.51. The highest BCUT2D eigenvalue weighted by Gasteiger charge is 2.40. The molecule has 9 nitrogen and oxygen atoms in total. The van der Waals surface area contributed by atoms with E-state index in [9.17, 15) is 13.2 Å². The van der Waals surface area contributed by atoms with Crippen LogP contribution in [0.5, 0.6) is 11.5 Å². The second-order valence-electron chi connectivity index (χ2n) is 8.08. The third-order valence-corrected chi connectivity index (χ3v) is 7.74. The summed E-state index contributed by atoms with van der Waals surface area (Å²) in [5.74, 6) is 0.153. The molecule has 0 saturated carbocycles. The summed E-state index contributed by atoms with van der Waals surface area (Å²) in [6.07, 6.45) is 3.85. The van der Waals surface area contributed by atoms with Crippen LogP contribution < -0.4 is 10.2 Å². The molecule has 1 aliphatic rings. The first-order chi connectivity index (χ1) is 15.9. The molecule has 1 fully saturated rings. The van der Waals surface area contributed by atoms with Crippen molar-refractivity contribution < 1.29 is 23.2 Å². The van der Waals surface area contributed by atoms with E-state index in [0.717, 1.165) is 17.7 Å². The van der Waals surface area contributed by atoms with Gasteiger partial charge in [0.25, 0.3) is 5.91 Å². The number of nitrogens with zero attached hydrogens (tertiary/aromatic N) is 2. The number of ether oxygens (including phenoxy) is 1. The summed E-state index contributed by atoms with van der Waals surface area (Å²) >= 11 is 0. The molecule has 174 valence electrons. The standard InChI is InChI=1S/C23H26N4O5S/c1-16-4-2-3-15-27(22(16)23(28)26-29)33(30,31)20-11-9-19(10-12-20)32-18-7-5-17(6-8-18)21-13-14-24-25-21/h5-14,16,22,29H,2-4,15H2,1H3,(H,24,25)(H,26,28)/t16-,22?/m0/s1. The summed E-state index contributed by atoms with van der Waals surface area (Å²) in [6, 6.07) is 14.4. The second-order valence-corrected chi connectivity index (χ2v) is 9.97. The molecule has 4 rings (SSSR count). The Balaban J connectivity index is 1.52. The van der Waals surface area contributed by atoms with Gasteiger partial charge in [-0.2, -0.15) is 9.40 Å². The highest BCUT2D eigenvalue weighted by molar-refractivity contribution is 7.89. The van der Waals surface area contributed by atoms with Crippen molar-refractivity contribution in [2.24, 2.45) is 5.92 Å². The van der Waals surface area contributed by atoms with Gasteiger partial charge in [-0.3, -0.25) is 15.1 Å². The van der Waals surface area contributed by atoms with Crippen molar-refractivity contribution in [2.75, 3.05) is 6.54 Å². The average molecular weight is 471 g/mol. The zero-order chi connectivity index (χ0) is 23.4. The lowest BCUT2D eigenvalue weighted by Gasteiger charge is -2.30. The van der Waals surface area contributed by atoms with E-state index in [-0.39, 0.29) is 17.4 Å². The molecular formula is C23H26N4O5S. The number of hydrogen-bond acceptors (Lipinski definition) is 6. The Morgan fingerprint density at radius 3 is 2.36 bits per heavy atom. The van der Waals surface area contributed by atoms with Crippen molar-refractivity contribution in [3.8, 4) is 22.8 Å². The first-order valence-electron chi connectivity index (χ1n) is 10.7. The molecule has 10 heteroatoms. The highest BCUT2D eigenvalue weighted by atomic mass is 32.2. The maximum absolute atomic E-state index is 13.4. The van der Waals surface area contributed by atoms with Crippen LogP contribution in [0.4, 0.5) is 0 Å². The van der Waals surface area contributed by atoms with Gasteiger partial charge in [-0.15, -0.1) is 0 Å². The molecule has 1 unspecified atom stereocenters. The van der Waals surface area contributed by atoms with Crippen molar-refractivity contribution in [2.45, 2.75) is 37.1 Å². The van der Waals surface area contributed by atoms with E-state index in [1.165, 1.54) is 16.4 Å². The summed E-state index contributed by atoms with van der Waals surface area (Å²) in [6.45, 7) is 2.04. The molecule has 0 bridgehead atoms. The molecule has 2 aromatic carbocycles. The first-order valence-corrected chi connectivity index (χ1v) is 12.2. The molecular weight excluding hydrogens is 444 g/mol. The molecule has 0 spiro atoms. The van der Waals surface area contributed by atoms with Crippen molar-refractivity contribution in [1.82, 2.24) is 20.0 Å². The summed E-state index contributed by atoms with van der Waals surface area (Å²) in [4.78, 5) is 12.3. The molecule has 33 heavy (non-hydrogen) atoms. The predicted octanol–water partition coefficient (Wildman–Crippen LogP) is 3.55. The van der Waals surface area contributed by atoms with Crippen LogP contribution in [-0.4, -0.2) is 46.6 Å². The quantitative estimate of drug-likeness (QED) is 0.374. The van der Waals surface area contributed by atoms with Crippen molar-refractivity contribution in [3.05, 3.63) is 60.8 Å². The van der Waals surface area contributed by atoms with E-state index in [2.05, 4.69) is 10.2 Å². The first kappa shape index (κ1) is 23.0. The Morgan fingerprint density at radius 1 is 1.09 bits per heavy atom. The minimum Gasteiger partial charge on any atom is -0.457 e. The van der Waals surface area contributed by atoms with Gasteiger partial charge in [0.15, 0.2) is 0 Å². The van der Waals surface area contributed by atoms with Crippen molar-refractivity contribution >= 4 is 15.9 Å². The lowest BCUT2D eigenvalue weighted by molar-refractivity contribution is -0.134. The van der Waals surface area contributed by atoms with E-state index >= 15 is 0 Å². The normalized spacial score (nSPS) is 19.6. The monoisotopic (exact) mass is 470 g/mol. The van der Waals surface area contributed by atoms with Gasteiger partial charge in [0.2, 0.25) is 10.0 Å². The Labute approximate surface area is 192 Å². The number of H-pyrrole nitrogens is 1. The molecule has 0 aliphatic carbocycles. The van der Waals surface area contributed by atoms with E-state index < -0.39 is 22.0 Å². The second kappa shape index (κ2) is 9.74. The number of carbonyl (C=O) groups is 1. The van der Waals surface area contributed by atoms with Crippen molar-refractivity contribution in [1.29, 1.82) is 0 Å². The molecule has 0 radical (unpaired) electrons. The summed E-state index contributed by atoms with van der Waals surface area (Å²) in [7, 11) is -3.95. The summed E-state index contributed by atoms with van der Waals surface area (Å²) in [5.41, 5.74) is 3.49. The third-order valence-electron chi connectivity index (χ3n) is 5.85. The van der Waals surface area contributed by atoms with Gasteiger partial charge < -0.3 is 4.74 Å². The van der Waals surface area contributed by atoms with Crippen LogP contribution in [0.25, 0.3) is 11.3 Å². The SMILES string of the molecule is C[C@H]1CCCCN(S(=O)(=O)c2ccc(Oc3ccc(-c4ccn[nH]4)cc3)cc2)C1C(=O)NO. The highest BCUT2D eigenvalue weighted by Crippen LogP contribution is 2.30. The van der Waals surface area contributed by atoms with Crippen LogP contribution in [0.15, 0.2) is 65.7 Å². The number of amides is 1. The van der Waals surface area contributed by atoms with Crippen LogP contribution in [0.2, 0.25) is 0 Å².